The molecule has 0 amide bonds. The molecule has 2 fully saturated rings. The molecule has 0 saturated carbocycles. The van der Waals surface area contributed by atoms with Gasteiger partial charge in [0, 0.05) is 55.7 Å². The third-order valence-corrected chi connectivity index (χ3v) is 6.32. The minimum absolute atomic E-state index is 0.0192. The maximum absolute atomic E-state index is 9.53. The summed E-state index contributed by atoms with van der Waals surface area (Å²) in [5, 5.41) is 21.2. The second kappa shape index (κ2) is 9.54. The molecule has 2 saturated heterocycles. The number of aromatic hydroxyl groups is 1. The standard InChI is InChI=1S/C25H30N6O2/c26-25-24(16-23(28-29-25)18-3-9-21(32)10-4-18)33-22-2-1-13-31(17-22)20-7-5-19(6-8-20)30-14-11-27-12-15-30/h3-10,16,22,27,32H,1-2,11-15,17H2,(H2,26,29). The normalized spacial score (nSPS) is 18.8. The summed E-state index contributed by atoms with van der Waals surface area (Å²) in [5.74, 6) is 1.05. The van der Waals surface area contributed by atoms with Crippen LogP contribution in [0.4, 0.5) is 17.2 Å². The number of piperidine rings is 1. The molecule has 1 atom stereocenters. The van der Waals surface area contributed by atoms with Crippen LogP contribution in [0.15, 0.2) is 54.6 Å². The Kier molecular flexibility index (Phi) is 6.17. The lowest BCUT2D eigenvalue weighted by atomic mass is 10.1. The summed E-state index contributed by atoms with van der Waals surface area (Å²) in [6, 6.07) is 17.5. The molecule has 0 radical (unpaired) electrons. The summed E-state index contributed by atoms with van der Waals surface area (Å²) in [5.41, 5.74) is 10.1. The molecule has 8 nitrogen and oxygen atoms in total. The number of ether oxygens (including phenoxy) is 1. The molecule has 172 valence electrons. The zero-order chi connectivity index (χ0) is 22.6. The molecule has 3 heterocycles. The number of hydrogen-bond donors (Lipinski definition) is 3. The van der Waals surface area contributed by atoms with Crippen molar-refractivity contribution in [3.05, 3.63) is 54.6 Å². The zero-order valence-corrected chi connectivity index (χ0v) is 18.7. The van der Waals surface area contributed by atoms with Crippen LogP contribution in [0.3, 0.4) is 0 Å². The van der Waals surface area contributed by atoms with Crippen molar-refractivity contribution in [1.29, 1.82) is 0 Å². The van der Waals surface area contributed by atoms with E-state index in [4.69, 9.17) is 10.5 Å². The van der Waals surface area contributed by atoms with Crippen molar-refractivity contribution in [3.8, 4) is 22.8 Å². The van der Waals surface area contributed by atoms with Crippen LogP contribution in [-0.2, 0) is 0 Å². The molecule has 2 aliphatic heterocycles. The molecule has 0 bridgehead atoms. The maximum atomic E-state index is 9.53. The van der Waals surface area contributed by atoms with Gasteiger partial charge in [0.15, 0.2) is 11.6 Å². The van der Waals surface area contributed by atoms with Gasteiger partial charge in [0.05, 0.1) is 12.2 Å². The summed E-state index contributed by atoms with van der Waals surface area (Å²) in [4.78, 5) is 4.80. The molecule has 5 rings (SSSR count). The van der Waals surface area contributed by atoms with Crippen LogP contribution in [0.25, 0.3) is 11.3 Å². The lowest BCUT2D eigenvalue weighted by Crippen LogP contribution is -2.43. The molecule has 2 aromatic carbocycles. The smallest absolute Gasteiger partial charge is 0.188 e. The van der Waals surface area contributed by atoms with Gasteiger partial charge in [-0.2, -0.15) is 0 Å². The van der Waals surface area contributed by atoms with Crippen molar-refractivity contribution < 1.29 is 9.84 Å². The maximum Gasteiger partial charge on any atom is 0.188 e. The summed E-state index contributed by atoms with van der Waals surface area (Å²) in [6.07, 6.45) is 2.03. The largest absolute Gasteiger partial charge is 0.508 e. The highest BCUT2D eigenvalue weighted by Gasteiger charge is 2.23. The second-order valence-corrected chi connectivity index (χ2v) is 8.61. The molecule has 8 heteroatoms. The Morgan fingerprint density at radius 3 is 2.33 bits per heavy atom. The minimum Gasteiger partial charge on any atom is -0.508 e. The number of nitrogens with two attached hydrogens (primary N) is 1. The highest BCUT2D eigenvalue weighted by molar-refractivity contribution is 5.64. The van der Waals surface area contributed by atoms with Crippen LogP contribution >= 0.6 is 0 Å². The van der Waals surface area contributed by atoms with E-state index in [1.165, 1.54) is 11.4 Å². The Morgan fingerprint density at radius 2 is 1.61 bits per heavy atom. The predicted octanol–water partition coefficient (Wildman–Crippen LogP) is 2.89. The van der Waals surface area contributed by atoms with Gasteiger partial charge in [-0.3, -0.25) is 0 Å². The number of benzene rings is 2. The quantitative estimate of drug-likeness (QED) is 0.550. The average molecular weight is 447 g/mol. The van der Waals surface area contributed by atoms with E-state index < -0.39 is 0 Å². The highest BCUT2D eigenvalue weighted by Crippen LogP contribution is 2.30. The molecule has 1 aromatic heterocycles. The number of hydrogen-bond acceptors (Lipinski definition) is 8. The average Bonchev–Trinajstić information content (AvgIpc) is 2.87. The third kappa shape index (κ3) is 4.96. The molecule has 2 aliphatic rings. The van der Waals surface area contributed by atoms with Crippen molar-refractivity contribution >= 4 is 17.2 Å². The van der Waals surface area contributed by atoms with Gasteiger partial charge in [0.25, 0.3) is 0 Å². The minimum atomic E-state index is 0.0192. The first-order chi connectivity index (χ1) is 16.2. The van der Waals surface area contributed by atoms with E-state index in [0.29, 0.717) is 11.4 Å². The van der Waals surface area contributed by atoms with Gasteiger partial charge in [-0.15, -0.1) is 10.2 Å². The van der Waals surface area contributed by atoms with Crippen molar-refractivity contribution in [3.63, 3.8) is 0 Å². The number of piperazine rings is 1. The fraction of sp³-hybridized carbons (Fsp3) is 0.360. The number of phenolic OH excluding ortho intramolecular Hbond substituents is 1. The Hall–Kier alpha value is -3.52. The number of anilines is 3. The first-order valence-corrected chi connectivity index (χ1v) is 11.6. The van der Waals surface area contributed by atoms with Crippen LogP contribution in [0.1, 0.15) is 12.8 Å². The number of rotatable bonds is 5. The van der Waals surface area contributed by atoms with Crippen molar-refractivity contribution in [1.82, 2.24) is 15.5 Å². The van der Waals surface area contributed by atoms with Gasteiger partial charge in [-0.1, -0.05) is 0 Å². The summed E-state index contributed by atoms with van der Waals surface area (Å²) in [7, 11) is 0. The topological polar surface area (TPSA) is 99.8 Å². The van der Waals surface area contributed by atoms with Crippen LogP contribution in [-0.4, -0.2) is 60.7 Å². The lowest BCUT2D eigenvalue weighted by Gasteiger charge is -2.35. The van der Waals surface area contributed by atoms with E-state index >= 15 is 0 Å². The molecule has 0 spiro atoms. The Labute approximate surface area is 194 Å². The Bertz CT molecular complexity index is 1070. The first kappa shape index (κ1) is 21.3. The number of nitrogen functional groups attached to an aromatic ring is 1. The van der Waals surface area contributed by atoms with Crippen LogP contribution in [0, 0.1) is 0 Å². The van der Waals surface area contributed by atoms with E-state index in [-0.39, 0.29) is 17.7 Å². The predicted molar refractivity (Wildman–Crippen MR) is 131 cm³/mol. The van der Waals surface area contributed by atoms with E-state index in [0.717, 1.165) is 57.7 Å². The summed E-state index contributed by atoms with van der Waals surface area (Å²) >= 11 is 0. The molecule has 4 N–H and O–H groups in total. The number of nitrogens with zero attached hydrogens (tertiary/aromatic N) is 4. The Morgan fingerprint density at radius 1 is 0.909 bits per heavy atom. The van der Waals surface area contributed by atoms with Gasteiger partial charge >= 0.3 is 0 Å². The van der Waals surface area contributed by atoms with Gasteiger partial charge in [0.1, 0.15) is 11.9 Å². The molecule has 0 aliphatic carbocycles. The van der Waals surface area contributed by atoms with Gasteiger partial charge in [-0.25, -0.2) is 0 Å². The number of phenols is 1. The van der Waals surface area contributed by atoms with E-state index in [9.17, 15) is 5.11 Å². The monoisotopic (exact) mass is 446 g/mol. The van der Waals surface area contributed by atoms with Crippen LogP contribution in [0.5, 0.6) is 11.5 Å². The molecule has 3 aromatic rings. The number of aromatic nitrogens is 2. The van der Waals surface area contributed by atoms with Crippen molar-refractivity contribution in [2.75, 3.05) is 54.8 Å². The zero-order valence-electron chi connectivity index (χ0n) is 18.7. The van der Waals surface area contributed by atoms with Crippen LogP contribution in [0.2, 0.25) is 0 Å². The van der Waals surface area contributed by atoms with E-state index in [1.807, 2.05) is 6.07 Å². The second-order valence-electron chi connectivity index (χ2n) is 8.61. The molecule has 33 heavy (non-hydrogen) atoms. The lowest BCUT2D eigenvalue weighted by molar-refractivity contribution is 0.180. The van der Waals surface area contributed by atoms with Crippen molar-refractivity contribution in [2.24, 2.45) is 0 Å². The van der Waals surface area contributed by atoms with Crippen molar-refractivity contribution in [2.45, 2.75) is 18.9 Å². The molecular weight excluding hydrogens is 416 g/mol. The Balaban J connectivity index is 1.26. The first-order valence-electron chi connectivity index (χ1n) is 11.6. The summed E-state index contributed by atoms with van der Waals surface area (Å²) < 4.78 is 6.31. The summed E-state index contributed by atoms with van der Waals surface area (Å²) in [6.45, 7) is 5.97. The van der Waals surface area contributed by atoms with E-state index in [2.05, 4.69) is 49.6 Å². The molecular formula is C25H30N6O2. The number of nitrogens with one attached hydrogen (secondary N) is 1. The van der Waals surface area contributed by atoms with Gasteiger partial charge in [-0.05, 0) is 61.4 Å². The fourth-order valence-electron chi connectivity index (χ4n) is 4.50. The SMILES string of the molecule is Nc1nnc(-c2ccc(O)cc2)cc1OC1CCCN(c2ccc(N3CCNCC3)cc2)C1. The highest BCUT2D eigenvalue weighted by atomic mass is 16.5. The third-order valence-electron chi connectivity index (χ3n) is 6.32. The van der Waals surface area contributed by atoms with Gasteiger partial charge in [0.2, 0.25) is 0 Å². The van der Waals surface area contributed by atoms with E-state index in [1.54, 1.807) is 24.3 Å². The molecule has 1 unspecified atom stereocenters. The van der Waals surface area contributed by atoms with Crippen LogP contribution < -0.4 is 25.6 Å². The van der Waals surface area contributed by atoms with Gasteiger partial charge < -0.3 is 30.7 Å². The fourth-order valence-corrected chi connectivity index (χ4v) is 4.50.